The standard InChI is InChI=1S/C21H23N3O2S2/c1-4-27-17-10-8-15(9-11-17)12-19(25)22-21-24-23-20(26-21)16-6-5-7-18(13-16)28-14(2)3/h5-11,13-14H,4,12H2,1-3H3,(H,22,24,25). The second-order valence-electron chi connectivity index (χ2n) is 6.41. The van der Waals surface area contributed by atoms with Gasteiger partial charge in [0.1, 0.15) is 0 Å². The summed E-state index contributed by atoms with van der Waals surface area (Å²) in [4.78, 5) is 14.6. The number of anilines is 1. The van der Waals surface area contributed by atoms with Gasteiger partial charge in [-0.3, -0.25) is 10.1 Å². The van der Waals surface area contributed by atoms with Gasteiger partial charge in [-0.25, -0.2) is 0 Å². The Balaban J connectivity index is 1.61. The van der Waals surface area contributed by atoms with E-state index in [4.69, 9.17) is 4.42 Å². The highest BCUT2D eigenvalue weighted by Gasteiger charge is 2.12. The average Bonchev–Trinajstić information content (AvgIpc) is 3.11. The highest BCUT2D eigenvalue weighted by atomic mass is 32.2. The predicted molar refractivity (Wildman–Crippen MR) is 116 cm³/mol. The summed E-state index contributed by atoms with van der Waals surface area (Å²) in [6.07, 6.45) is 0.259. The van der Waals surface area contributed by atoms with Crippen molar-refractivity contribution in [3.05, 3.63) is 54.1 Å². The third kappa shape index (κ3) is 5.87. The summed E-state index contributed by atoms with van der Waals surface area (Å²) >= 11 is 3.54. The van der Waals surface area contributed by atoms with E-state index < -0.39 is 0 Å². The van der Waals surface area contributed by atoms with Crippen LogP contribution in [-0.4, -0.2) is 27.1 Å². The minimum Gasteiger partial charge on any atom is -0.403 e. The summed E-state index contributed by atoms with van der Waals surface area (Å²) in [6.45, 7) is 6.41. The predicted octanol–water partition coefficient (Wildman–Crippen LogP) is 5.53. The molecule has 5 nitrogen and oxygen atoms in total. The minimum absolute atomic E-state index is 0.111. The lowest BCUT2D eigenvalue weighted by molar-refractivity contribution is -0.115. The van der Waals surface area contributed by atoms with Gasteiger partial charge < -0.3 is 4.42 Å². The number of benzene rings is 2. The molecule has 7 heteroatoms. The molecule has 1 amide bonds. The van der Waals surface area contributed by atoms with Gasteiger partial charge in [0.2, 0.25) is 11.8 Å². The van der Waals surface area contributed by atoms with E-state index in [1.807, 2.05) is 42.5 Å². The fourth-order valence-corrected chi connectivity index (χ4v) is 4.14. The van der Waals surface area contributed by atoms with Crippen molar-refractivity contribution in [3.63, 3.8) is 0 Å². The van der Waals surface area contributed by atoms with E-state index in [0.29, 0.717) is 11.1 Å². The first-order valence-corrected chi connectivity index (χ1v) is 11.0. The molecule has 0 atom stereocenters. The van der Waals surface area contributed by atoms with Crippen LogP contribution in [0.25, 0.3) is 11.5 Å². The summed E-state index contributed by atoms with van der Waals surface area (Å²) in [5.41, 5.74) is 1.78. The number of amides is 1. The van der Waals surface area contributed by atoms with Gasteiger partial charge in [0.05, 0.1) is 6.42 Å². The van der Waals surface area contributed by atoms with Crippen molar-refractivity contribution in [2.75, 3.05) is 11.1 Å². The lowest BCUT2D eigenvalue weighted by Gasteiger charge is -2.05. The summed E-state index contributed by atoms with van der Waals surface area (Å²) in [6, 6.07) is 16.1. The van der Waals surface area contributed by atoms with E-state index in [-0.39, 0.29) is 18.3 Å². The lowest BCUT2D eigenvalue weighted by atomic mass is 10.1. The average molecular weight is 414 g/mol. The summed E-state index contributed by atoms with van der Waals surface area (Å²) < 4.78 is 5.62. The molecule has 1 heterocycles. The number of aromatic nitrogens is 2. The number of hydrogen-bond donors (Lipinski definition) is 1. The molecule has 3 aromatic rings. The molecule has 28 heavy (non-hydrogen) atoms. The van der Waals surface area contributed by atoms with E-state index in [0.717, 1.165) is 21.8 Å². The van der Waals surface area contributed by atoms with Crippen molar-refractivity contribution in [1.29, 1.82) is 0 Å². The van der Waals surface area contributed by atoms with Crippen LogP contribution in [0.2, 0.25) is 0 Å². The smallest absolute Gasteiger partial charge is 0.322 e. The van der Waals surface area contributed by atoms with Crippen LogP contribution in [0.1, 0.15) is 26.3 Å². The van der Waals surface area contributed by atoms with E-state index in [1.54, 1.807) is 23.5 Å². The number of nitrogens with one attached hydrogen (secondary N) is 1. The van der Waals surface area contributed by atoms with Crippen LogP contribution in [0.3, 0.4) is 0 Å². The van der Waals surface area contributed by atoms with E-state index in [1.165, 1.54) is 4.90 Å². The monoisotopic (exact) mass is 413 g/mol. The fraction of sp³-hybridized carbons (Fsp3) is 0.286. The number of rotatable bonds is 8. The quantitative estimate of drug-likeness (QED) is 0.490. The number of thioether (sulfide) groups is 2. The molecule has 3 rings (SSSR count). The molecule has 0 unspecified atom stereocenters. The molecule has 2 aromatic carbocycles. The van der Waals surface area contributed by atoms with Gasteiger partial charge >= 0.3 is 6.01 Å². The van der Waals surface area contributed by atoms with E-state index in [9.17, 15) is 4.79 Å². The molecule has 0 spiro atoms. The Hall–Kier alpha value is -2.25. The van der Waals surface area contributed by atoms with Gasteiger partial charge in [-0.15, -0.1) is 28.6 Å². The van der Waals surface area contributed by atoms with Crippen LogP contribution in [0.5, 0.6) is 0 Å². The Morgan fingerprint density at radius 1 is 1.11 bits per heavy atom. The fourth-order valence-electron chi connectivity index (χ4n) is 2.58. The third-order valence-corrected chi connectivity index (χ3v) is 5.61. The first kappa shape index (κ1) is 20.5. The van der Waals surface area contributed by atoms with Crippen LogP contribution < -0.4 is 5.32 Å². The van der Waals surface area contributed by atoms with Crippen LogP contribution in [0.4, 0.5) is 6.01 Å². The van der Waals surface area contributed by atoms with Crippen molar-refractivity contribution in [2.45, 2.75) is 42.2 Å². The molecule has 0 saturated heterocycles. The zero-order valence-corrected chi connectivity index (χ0v) is 17.8. The molecular weight excluding hydrogens is 390 g/mol. The number of carbonyl (C=O) groups excluding carboxylic acids is 1. The number of carbonyl (C=O) groups is 1. The zero-order valence-electron chi connectivity index (χ0n) is 16.1. The zero-order chi connectivity index (χ0) is 19.9. The molecule has 0 aliphatic heterocycles. The number of nitrogens with zero attached hydrogens (tertiary/aromatic N) is 2. The van der Waals surface area contributed by atoms with Crippen LogP contribution in [-0.2, 0) is 11.2 Å². The molecule has 0 fully saturated rings. The summed E-state index contributed by atoms with van der Waals surface area (Å²) in [5.74, 6) is 1.23. The van der Waals surface area contributed by atoms with Crippen molar-refractivity contribution in [3.8, 4) is 11.5 Å². The highest BCUT2D eigenvalue weighted by Crippen LogP contribution is 2.28. The van der Waals surface area contributed by atoms with Gasteiger partial charge in [0.25, 0.3) is 0 Å². The topological polar surface area (TPSA) is 68.0 Å². The molecule has 0 bridgehead atoms. The van der Waals surface area contributed by atoms with E-state index >= 15 is 0 Å². The van der Waals surface area contributed by atoms with Gasteiger partial charge in [-0.05, 0) is 41.6 Å². The first-order valence-electron chi connectivity index (χ1n) is 9.15. The Morgan fingerprint density at radius 3 is 2.61 bits per heavy atom. The maximum atomic E-state index is 12.3. The normalized spacial score (nSPS) is 11.0. The van der Waals surface area contributed by atoms with E-state index in [2.05, 4.69) is 42.4 Å². The summed E-state index contributed by atoms with van der Waals surface area (Å²) in [5, 5.41) is 11.2. The van der Waals surface area contributed by atoms with Gasteiger partial charge in [-0.1, -0.05) is 44.1 Å². The van der Waals surface area contributed by atoms with Gasteiger partial charge in [0, 0.05) is 20.6 Å². The van der Waals surface area contributed by atoms with Crippen molar-refractivity contribution >= 4 is 35.4 Å². The Kier molecular flexibility index (Phi) is 7.17. The molecule has 1 aromatic heterocycles. The van der Waals surface area contributed by atoms with Gasteiger partial charge in [-0.2, -0.15) is 0 Å². The second-order valence-corrected chi connectivity index (χ2v) is 9.40. The molecule has 0 aliphatic carbocycles. The molecular formula is C21H23N3O2S2. The van der Waals surface area contributed by atoms with Gasteiger partial charge in [0.15, 0.2) is 0 Å². The van der Waals surface area contributed by atoms with Crippen molar-refractivity contribution < 1.29 is 9.21 Å². The SMILES string of the molecule is CCSc1ccc(CC(=O)Nc2nnc(-c3cccc(SC(C)C)c3)o2)cc1. The molecule has 0 saturated carbocycles. The van der Waals surface area contributed by atoms with Crippen molar-refractivity contribution in [1.82, 2.24) is 10.2 Å². The number of hydrogen-bond acceptors (Lipinski definition) is 6. The van der Waals surface area contributed by atoms with Crippen LogP contribution >= 0.6 is 23.5 Å². The van der Waals surface area contributed by atoms with Crippen LogP contribution in [0.15, 0.2) is 62.7 Å². The second kappa shape index (κ2) is 9.80. The molecule has 0 radical (unpaired) electrons. The maximum absolute atomic E-state index is 12.3. The lowest BCUT2D eigenvalue weighted by Crippen LogP contribution is -2.14. The Morgan fingerprint density at radius 2 is 1.89 bits per heavy atom. The van der Waals surface area contributed by atoms with Crippen LogP contribution in [0, 0.1) is 0 Å². The summed E-state index contributed by atoms with van der Waals surface area (Å²) in [7, 11) is 0. The Bertz CT molecular complexity index is 923. The minimum atomic E-state index is -0.185. The molecule has 1 N–H and O–H groups in total. The highest BCUT2D eigenvalue weighted by molar-refractivity contribution is 8.00. The maximum Gasteiger partial charge on any atom is 0.322 e. The third-order valence-electron chi connectivity index (χ3n) is 3.72. The van der Waals surface area contributed by atoms with Crippen molar-refractivity contribution in [2.24, 2.45) is 0 Å². The first-order chi connectivity index (χ1) is 13.5. The Labute approximate surface area is 173 Å². The molecule has 146 valence electrons. The molecule has 0 aliphatic rings. The largest absolute Gasteiger partial charge is 0.403 e.